The molecule has 0 aliphatic rings. The topological polar surface area (TPSA) is 56.5 Å². The number of hydrogen-bond acceptors (Lipinski definition) is 4. The first kappa shape index (κ1) is 13.1. The van der Waals surface area contributed by atoms with Crippen molar-refractivity contribution in [2.45, 2.75) is 0 Å². The second-order valence-electron chi connectivity index (χ2n) is 4.16. The Balaban J connectivity index is 1.97. The first-order chi connectivity index (χ1) is 9.63. The molecule has 0 spiro atoms. The second-order valence-corrected chi connectivity index (χ2v) is 5.40. The molecule has 2 heterocycles. The van der Waals surface area contributed by atoms with Crippen molar-refractivity contribution in [3.05, 3.63) is 45.9 Å². The summed E-state index contributed by atoms with van der Waals surface area (Å²) in [4.78, 5) is 5.62. The van der Waals surface area contributed by atoms with Crippen molar-refractivity contribution in [2.75, 3.05) is 0 Å². The Labute approximate surface area is 128 Å². The fraction of sp³-hybridized carbons (Fsp3) is 0.0769. The third-order valence-electron chi connectivity index (χ3n) is 2.74. The molecule has 20 heavy (non-hydrogen) atoms. The van der Waals surface area contributed by atoms with E-state index in [4.69, 9.17) is 0 Å². The van der Waals surface area contributed by atoms with Crippen LogP contribution >= 0.6 is 22.6 Å². The van der Waals surface area contributed by atoms with Crippen molar-refractivity contribution in [3.63, 3.8) is 0 Å². The highest BCUT2D eigenvalue weighted by Crippen LogP contribution is 2.24. The average molecular weight is 381 g/mol. The van der Waals surface area contributed by atoms with Gasteiger partial charge < -0.3 is 0 Å². The van der Waals surface area contributed by atoms with Crippen LogP contribution in [0.4, 0.5) is 4.39 Å². The first-order valence-electron chi connectivity index (χ1n) is 5.79. The predicted octanol–water partition coefficient (Wildman–Crippen LogP) is 2.68. The lowest BCUT2D eigenvalue weighted by Gasteiger charge is -2.04. The predicted molar refractivity (Wildman–Crippen MR) is 80.1 cm³/mol. The van der Waals surface area contributed by atoms with Gasteiger partial charge in [0.05, 0.1) is 7.05 Å². The Hall–Kier alpha value is -1.90. The van der Waals surface area contributed by atoms with Gasteiger partial charge in [0, 0.05) is 20.9 Å². The number of halogens is 2. The molecule has 0 atom stereocenters. The lowest BCUT2D eigenvalue weighted by Crippen LogP contribution is -1.93. The van der Waals surface area contributed by atoms with Gasteiger partial charge in [-0.15, -0.1) is 10.2 Å². The molecule has 0 N–H and O–H groups in total. The largest absolute Gasteiger partial charge is 0.252 e. The van der Waals surface area contributed by atoms with Crippen molar-refractivity contribution >= 4 is 22.6 Å². The highest BCUT2D eigenvalue weighted by molar-refractivity contribution is 14.1. The number of nitrogens with zero attached hydrogens (tertiary/aromatic N) is 5. The van der Waals surface area contributed by atoms with E-state index in [-0.39, 0.29) is 5.82 Å². The minimum atomic E-state index is -0.260. The highest BCUT2D eigenvalue weighted by atomic mass is 127. The van der Waals surface area contributed by atoms with Gasteiger partial charge in [-0.2, -0.15) is 4.80 Å². The molecule has 0 aliphatic carbocycles. The van der Waals surface area contributed by atoms with Gasteiger partial charge in [-0.25, -0.2) is 4.39 Å². The van der Waals surface area contributed by atoms with Crippen molar-refractivity contribution in [1.29, 1.82) is 0 Å². The molecule has 100 valence electrons. The van der Waals surface area contributed by atoms with Gasteiger partial charge in [0.1, 0.15) is 11.5 Å². The maximum Gasteiger partial charge on any atom is 0.223 e. The molecule has 2 aromatic heterocycles. The SMILES string of the molecule is Cn1nnc(-c2ccc(-c3ccc(I)cc3F)cn2)n1. The van der Waals surface area contributed by atoms with Crippen molar-refractivity contribution in [3.8, 4) is 22.6 Å². The van der Waals surface area contributed by atoms with Crippen molar-refractivity contribution in [1.82, 2.24) is 25.2 Å². The number of aromatic nitrogens is 5. The Morgan fingerprint density at radius 1 is 1.20 bits per heavy atom. The maximum atomic E-state index is 13.9. The Morgan fingerprint density at radius 2 is 2.05 bits per heavy atom. The summed E-state index contributed by atoms with van der Waals surface area (Å²) in [6.07, 6.45) is 1.61. The lowest BCUT2D eigenvalue weighted by atomic mass is 10.1. The standard InChI is InChI=1S/C13H9FIN5/c1-20-18-13(17-19-20)12-5-2-8(7-16-12)10-4-3-9(15)6-11(10)14/h2-7H,1H3. The number of tetrazole rings is 1. The zero-order valence-corrected chi connectivity index (χ0v) is 12.6. The van der Waals surface area contributed by atoms with Gasteiger partial charge in [-0.3, -0.25) is 4.98 Å². The maximum absolute atomic E-state index is 13.9. The van der Waals surface area contributed by atoms with E-state index in [2.05, 4.69) is 43.0 Å². The Kier molecular flexibility index (Phi) is 3.43. The van der Waals surface area contributed by atoms with Crippen LogP contribution in [0.3, 0.4) is 0 Å². The van der Waals surface area contributed by atoms with Crippen LogP contribution in [-0.4, -0.2) is 25.2 Å². The number of pyridine rings is 1. The van der Waals surface area contributed by atoms with Crippen LogP contribution in [0.15, 0.2) is 36.5 Å². The molecule has 0 radical (unpaired) electrons. The summed E-state index contributed by atoms with van der Waals surface area (Å²) in [6.45, 7) is 0. The number of benzene rings is 1. The fourth-order valence-corrected chi connectivity index (χ4v) is 2.25. The monoisotopic (exact) mass is 381 g/mol. The van der Waals surface area contributed by atoms with Gasteiger partial charge in [0.25, 0.3) is 0 Å². The molecule has 0 fully saturated rings. The van der Waals surface area contributed by atoms with Crippen LogP contribution in [0.1, 0.15) is 0 Å². The molecule has 0 saturated carbocycles. The summed E-state index contributed by atoms with van der Waals surface area (Å²) in [7, 11) is 1.69. The molecule has 5 nitrogen and oxygen atoms in total. The molecule has 0 saturated heterocycles. The summed E-state index contributed by atoms with van der Waals surface area (Å²) in [5.41, 5.74) is 1.84. The smallest absolute Gasteiger partial charge is 0.223 e. The molecule has 3 aromatic rings. The van der Waals surface area contributed by atoms with Crippen LogP contribution in [0.2, 0.25) is 0 Å². The van der Waals surface area contributed by atoms with E-state index in [1.807, 2.05) is 6.07 Å². The van der Waals surface area contributed by atoms with Crippen LogP contribution in [0, 0.1) is 9.39 Å². The van der Waals surface area contributed by atoms with Crippen LogP contribution < -0.4 is 0 Å². The number of hydrogen-bond donors (Lipinski definition) is 0. The van der Waals surface area contributed by atoms with Gasteiger partial charge >= 0.3 is 0 Å². The van der Waals surface area contributed by atoms with E-state index < -0.39 is 0 Å². The molecule has 0 amide bonds. The van der Waals surface area contributed by atoms with E-state index in [9.17, 15) is 4.39 Å². The molecule has 3 rings (SSSR count). The van der Waals surface area contributed by atoms with E-state index in [0.717, 1.165) is 3.57 Å². The molecular weight excluding hydrogens is 372 g/mol. The van der Waals surface area contributed by atoms with Crippen molar-refractivity contribution in [2.24, 2.45) is 7.05 Å². The van der Waals surface area contributed by atoms with Crippen molar-refractivity contribution < 1.29 is 4.39 Å². The zero-order chi connectivity index (χ0) is 14.1. The third-order valence-corrected chi connectivity index (χ3v) is 3.41. The highest BCUT2D eigenvalue weighted by Gasteiger charge is 2.09. The van der Waals surface area contributed by atoms with Crippen LogP contribution in [0.25, 0.3) is 22.6 Å². The summed E-state index contributed by atoms with van der Waals surface area (Å²) in [5.74, 6) is 0.186. The lowest BCUT2D eigenvalue weighted by molar-refractivity contribution is 0.630. The van der Waals surface area contributed by atoms with Gasteiger partial charge in [0.2, 0.25) is 5.82 Å². The van der Waals surface area contributed by atoms with E-state index >= 15 is 0 Å². The minimum absolute atomic E-state index is 0.260. The normalized spacial score (nSPS) is 10.8. The van der Waals surface area contributed by atoms with E-state index in [1.165, 1.54) is 10.9 Å². The molecule has 7 heteroatoms. The quantitative estimate of drug-likeness (QED) is 0.641. The summed E-state index contributed by atoms with van der Waals surface area (Å²) in [5, 5.41) is 11.7. The molecule has 0 aliphatic heterocycles. The molecular formula is C13H9FIN5. The summed E-state index contributed by atoms with van der Waals surface area (Å²) < 4.78 is 14.8. The third kappa shape index (κ3) is 2.53. The fourth-order valence-electron chi connectivity index (χ4n) is 1.80. The zero-order valence-electron chi connectivity index (χ0n) is 10.5. The minimum Gasteiger partial charge on any atom is -0.252 e. The second kappa shape index (κ2) is 5.23. The van der Waals surface area contributed by atoms with Gasteiger partial charge in [0.15, 0.2) is 0 Å². The summed E-state index contributed by atoms with van der Waals surface area (Å²) >= 11 is 2.08. The summed E-state index contributed by atoms with van der Waals surface area (Å²) in [6, 6.07) is 8.65. The van der Waals surface area contributed by atoms with E-state index in [1.54, 1.807) is 31.4 Å². The Morgan fingerprint density at radius 3 is 2.65 bits per heavy atom. The number of aryl methyl sites for hydroxylation is 1. The average Bonchev–Trinajstić information content (AvgIpc) is 2.86. The van der Waals surface area contributed by atoms with Gasteiger partial charge in [-0.05, 0) is 46.0 Å². The van der Waals surface area contributed by atoms with E-state index in [0.29, 0.717) is 22.6 Å². The Bertz CT molecular complexity index is 754. The first-order valence-corrected chi connectivity index (χ1v) is 6.87. The van der Waals surface area contributed by atoms with Crippen LogP contribution in [0.5, 0.6) is 0 Å². The number of rotatable bonds is 2. The molecule has 0 unspecified atom stereocenters. The van der Waals surface area contributed by atoms with Gasteiger partial charge in [-0.1, -0.05) is 12.1 Å². The molecule has 1 aromatic carbocycles. The molecule has 0 bridgehead atoms. The van der Waals surface area contributed by atoms with Crippen LogP contribution in [-0.2, 0) is 7.05 Å².